The monoisotopic (exact) mass is 334 g/mol. The van der Waals surface area contributed by atoms with E-state index < -0.39 is 11.4 Å². The first-order chi connectivity index (χ1) is 11.3. The molecular formula is C17H23FN4O2. The van der Waals surface area contributed by atoms with Crippen LogP contribution in [0.2, 0.25) is 0 Å². The molecule has 4 rings (SSSR count). The molecule has 1 N–H and O–H groups in total. The van der Waals surface area contributed by atoms with Crippen molar-refractivity contribution in [3.05, 3.63) is 21.9 Å². The summed E-state index contributed by atoms with van der Waals surface area (Å²) in [6.45, 7) is 8.84. The molecule has 3 atom stereocenters. The molecule has 1 aliphatic carbocycles. The number of H-pyrrole nitrogens is 1. The summed E-state index contributed by atoms with van der Waals surface area (Å²) in [5.74, 6) is 0.893. The van der Waals surface area contributed by atoms with Crippen molar-refractivity contribution in [1.82, 2.24) is 14.9 Å². The maximum Gasteiger partial charge on any atom is 0.288 e. The Kier molecular flexibility index (Phi) is 3.27. The molecule has 0 spiro atoms. The lowest BCUT2D eigenvalue weighted by atomic mass is 10.0. The second-order valence-corrected chi connectivity index (χ2v) is 8.20. The lowest BCUT2D eigenvalue weighted by Gasteiger charge is -2.22. The maximum absolute atomic E-state index is 13.4. The van der Waals surface area contributed by atoms with Gasteiger partial charge in [-0.1, -0.05) is 13.8 Å². The van der Waals surface area contributed by atoms with Gasteiger partial charge < -0.3 is 9.80 Å². The molecule has 3 heterocycles. The molecule has 1 amide bonds. The number of nitrogens with zero attached hydrogens (tertiary/aromatic N) is 3. The van der Waals surface area contributed by atoms with Crippen molar-refractivity contribution in [2.45, 2.75) is 27.2 Å². The maximum atomic E-state index is 13.4. The van der Waals surface area contributed by atoms with Gasteiger partial charge in [-0.2, -0.15) is 4.39 Å². The average Bonchev–Trinajstić information content (AvgIpc) is 2.86. The molecule has 0 bridgehead atoms. The predicted octanol–water partition coefficient (Wildman–Crippen LogP) is 1.16. The van der Waals surface area contributed by atoms with E-state index in [1.807, 2.05) is 9.80 Å². The third kappa shape index (κ3) is 2.41. The summed E-state index contributed by atoms with van der Waals surface area (Å²) >= 11 is 0. The molecule has 6 nitrogen and oxygen atoms in total. The number of likely N-dealkylation sites (tertiary alicyclic amines) is 1. The Morgan fingerprint density at radius 2 is 1.83 bits per heavy atom. The summed E-state index contributed by atoms with van der Waals surface area (Å²) in [6, 6.07) is 0. The highest BCUT2D eigenvalue weighted by Crippen LogP contribution is 2.53. The molecule has 1 saturated carbocycles. The third-order valence-corrected chi connectivity index (χ3v) is 5.92. The number of hydrogen-bond acceptors (Lipinski definition) is 4. The van der Waals surface area contributed by atoms with Gasteiger partial charge in [-0.05, 0) is 18.8 Å². The van der Waals surface area contributed by atoms with Gasteiger partial charge in [0, 0.05) is 43.9 Å². The Morgan fingerprint density at radius 3 is 2.33 bits per heavy atom. The van der Waals surface area contributed by atoms with Gasteiger partial charge in [-0.25, -0.2) is 4.98 Å². The van der Waals surface area contributed by atoms with Crippen LogP contribution in [0.3, 0.4) is 0 Å². The Hall–Kier alpha value is -1.92. The van der Waals surface area contributed by atoms with E-state index >= 15 is 0 Å². The van der Waals surface area contributed by atoms with Gasteiger partial charge in [0.05, 0.1) is 5.69 Å². The van der Waals surface area contributed by atoms with E-state index in [-0.39, 0.29) is 17.0 Å². The van der Waals surface area contributed by atoms with Crippen LogP contribution in [-0.4, -0.2) is 47.0 Å². The Bertz CT molecular complexity index is 745. The van der Waals surface area contributed by atoms with Crippen molar-refractivity contribution in [2.75, 3.05) is 31.1 Å². The molecule has 3 aliphatic rings. The molecule has 1 aromatic rings. The van der Waals surface area contributed by atoms with E-state index in [9.17, 15) is 14.0 Å². The normalized spacial score (nSPS) is 30.6. The van der Waals surface area contributed by atoms with Crippen LogP contribution in [0.5, 0.6) is 0 Å². The minimum atomic E-state index is -0.818. The number of aryl methyl sites for hydroxylation is 1. The van der Waals surface area contributed by atoms with E-state index in [1.54, 1.807) is 0 Å². The number of anilines is 1. The standard InChI is InChI=1S/C17H23FN4O2/c1-9-13(18)14(23)20-16(19-9)22-7-10-5-21(6-11(10)8-22)15(24)12-4-17(12,2)3/h10-12H,4-8H2,1-3H3,(H,19,20,23). The number of fused-ring (bicyclic) bond motifs is 1. The van der Waals surface area contributed by atoms with E-state index in [2.05, 4.69) is 23.8 Å². The zero-order chi connectivity index (χ0) is 17.2. The summed E-state index contributed by atoms with van der Waals surface area (Å²) in [6.07, 6.45) is 0.990. The van der Waals surface area contributed by atoms with Crippen molar-refractivity contribution in [2.24, 2.45) is 23.2 Å². The molecule has 24 heavy (non-hydrogen) atoms. The first kappa shape index (κ1) is 15.6. The van der Waals surface area contributed by atoms with Gasteiger partial charge in [-0.3, -0.25) is 14.6 Å². The van der Waals surface area contributed by atoms with Crippen LogP contribution in [0.25, 0.3) is 0 Å². The molecule has 3 fully saturated rings. The third-order valence-electron chi connectivity index (χ3n) is 5.92. The lowest BCUT2D eigenvalue weighted by Crippen LogP contribution is -2.35. The summed E-state index contributed by atoms with van der Waals surface area (Å²) in [5.41, 5.74) is -0.434. The van der Waals surface area contributed by atoms with Gasteiger partial charge in [0.2, 0.25) is 17.7 Å². The second-order valence-electron chi connectivity index (χ2n) is 8.20. The molecule has 3 unspecified atom stereocenters. The van der Waals surface area contributed by atoms with E-state index in [4.69, 9.17) is 0 Å². The summed E-state index contributed by atoms with van der Waals surface area (Å²) in [5, 5.41) is 0. The Morgan fingerprint density at radius 1 is 1.25 bits per heavy atom. The molecule has 7 heteroatoms. The van der Waals surface area contributed by atoms with Crippen molar-refractivity contribution < 1.29 is 9.18 Å². The van der Waals surface area contributed by atoms with Gasteiger partial charge in [-0.15, -0.1) is 0 Å². The molecule has 2 saturated heterocycles. The molecule has 130 valence electrons. The Balaban J connectivity index is 1.43. The van der Waals surface area contributed by atoms with Gasteiger partial charge in [0.25, 0.3) is 5.56 Å². The first-order valence-corrected chi connectivity index (χ1v) is 8.56. The number of amides is 1. The van der Waals surface area contributed by atoms with Crippen molar-refractivity contribution >= 4 is 11.9 Å². The Labute approximate surface area is 140 Å². The lowest BCUT2D eigenvalue weighted by molar-refractivity contribution is -0.132. The van der Waals surface area contributed by atoms with Gasteiger partial charge in [0.1, 0.15) is 0 Å². The smallest absolute Gasteiger partial charge is 0.288 e. The van der Waals surface area contributed by atoms with Crippen LogP contribution in [0.1, 0.15) is 26.0 Å². The average molecular weight is 334 g/mol. The van der Waals surface area contributed by atoms with Crippen LogP contribution in [0.15, 0.2) is 4.79 Å². The number of aromatic nitrogens is 2. The van der Waals surface area contributed by atoms with Crippen LogP contribution in [0.4, 0.5) is 10.3 Å². The van der Waals surface area contributed by atoms with Crippen molar-refractivity contribution in [1.29, 1.82) is 0 Å². The highest BCUT2D eigenvalue weighted by Gasteiger charge is 2.54. The number of halogens is 1. The number of aromatic amines is 1. The van der Waals surface area contributed by atoms with Gasteiger partial charge in [0.15, 0.2) is 0 Å². The topological polar surface area (TPSA) is 69.3 Å². The predicted molar refractivity (Wildman–Crippen MR) is 87.2 cm³/mol. The zero-order valence-electron chi connectivity index (χ0n) is 14.3. The fourth-order valence-electron chi connectivity index (χ4n) is 4.16. The fraction of sp³-hybridized carbons (Fsp3) is 0.706. The number of hydrogen-bond donors (Lipinski definition) is 1. The molecule has 0 radical (unpaired) electrons. The fourth-order valence-corrected chi connectivity index (χ4v) is 4.16. The largest absolute Gasteiger partial charge is 0.342 e. The van der Waals surface area contributed by atoms with Crippen LogP contribution in [0, 0.1) is 35.9 Å². The quantitative estimate of drug-likeness (QED) is 0.881. The molecule has 2 aliphatic heterocycles. The molecular weight excluding hydrogens is 311 g/mol. The minimum absolute atomic E-state index is 0.124. The first-order valence-electron chi connectivity index (χ1n) is 8.56. The molecule has 0 aromatic carbocycles. The zero-order valence-corrected chi connectivity index (χ0v) is 14.3. The SMILES string of the molecule is Cc1nc(N2CC3CN(C(=O)C4CC4(C)C)CC3C2)[nH]c(=O)c1F. The highest BCUT2D eigenvalue weighted by atomic mass is 19.1. The van der Waals surface area contributed by atoms with E-state index in [0.29, 0.717) is 23.7 Å². The van der Waals surface area contributed by atoms with Gasteiger partial charge >= 0.3 is 0 Å². The van der Waals surface area contributed by atoms with E-state index in [0.717, 1.165) is 32.6 Å². The highest BCUT2D eigenvalue weighted by molar-refractivity contribution is 5.82. The van der Waals surface area contributed by atoms with Crippen LogP contribution < -0.4 is 10.5 Å². The summed E-state index contributed by atoms with van der Waals surface area (Å²) in [7, 11) is 0. The number of carbonyl (C=O) groups is 1. The van der Waals surface area contributed by atoms with Crippen LogP contribution in [-0.2, 0) is 4.79 Å². The number of rotatable bonds is 2. The van der Waals surface area contributed by atoms with E-state index in [1.165, 1.54) is 6.92 Å². The summed E-state index contributed by atoms with van der Waals surface area (Å²) in [4.78, 5) is 34.9. The molecule has 1 aromatic heterocycles. The second kappa shape index (κ2) is 5.04. The van der Waals surface area contributed by atoms with Crippen molar-refractivity contribution in [3.63, 3.8) is 0 Å². The summed E-state index contributed by atoms with van der Waals surface area (Å²) < 4.78 is 13.4. The number of nitrogens with one attached hydrogen (secondary N) is 1. The van der Waals surface area contributed by atoms with Crippen molar-refractivity contribution in [3.8, 4) is 0 Å². The number of carbonyl (C=O) groups excluding carboxylic acids is 1. The van der Waals surface area contributed by atoms with Crippen LogP contribution >= 0.6 is 0 Å². The minimum Gasteiger partial charge on any atom is -0.342 e.